The maximum atomic E-state index is 12.4. The number of ether oxygens (including phenoxy) is 1. The maximum absolute atomic E-state index is 12.4. The summed E-state index contributed by atoms with van der Waals surface area (Å²) in [5, 5.41) is 2.87. The monoisotopic (exact) mass is 412 g/mol. The summed E-state index contributed by atoms with van der Waals surface area (Å²) < 4.78 is 5.45. The Kier molecular flexibility index (Phi) is 20.8. The zero-order valence-corrected chi connectivity index (χ0v) is 19.3. The topological polar surface area (TPSA) is 81.4 Å². The van der Waals surface area contributed by atoms with Crippen LogP contribution in [0.5, 0.6) is 0 Å². The van der Waals surface area contributed by atoms with Crippen molar-refractivity contribution in [2.24, 2.45) is 5.73 Å². The van der Waals surface area contributed by atoms with Crippen molar-refractivity contribution in [1.29, 1.82) is 0 Å². The second kappa shape index (κ2) is 21.6. The predicted molar refractivity (Wildman–Crippen MR) is 122 cm³/mol. The lowest BCUT2D eigenvalue weighted by Gasteiger charge is -2.17. The molecule has 0 aliphatic rings. The zero-order chi connectivity index (χ0) is 21.6. The van der Waals surface area contributed by atoms with Crippen molar-refractivity contribution < 1.29 is 14.3 Å². The summed E-state index contributed by atoms with van der Waals surface area (Å²) in [7, 11) is 0. The quantitative estimate of drug-likeness (QED) is 0.189. The molecule has 172 valence electrons. The minimum Gasteiger partial charge on any atom is -0.464 e. The Balaban J connectivity index is 3.92. The predicted octanol–water partition coefficient (Wildman–Crippen LogP) is 5.64. The first-order chi connectivity index (χ1) is 14.2. The number of hydrogen-bond donors (Lipinski definition) is 2. The van der Waals surface area contributed by atoms with E-state index in [0.29, 0.717) is 26.0 Å². The highest BCUT2D eigenvalue weighted by Gasteiger charge is 2.21. The van der Waals surface area contributed by atoms with Gasteiger partial charge in [-0.2, -0.15) is 0 Å². The number of carbonyl (C=O) groups is 2. The van der Waals surface area contributed by atoms with Crippen LogP contribution in [0.25, 0.3) is 0 Å². The van der Waals surface area contributed by atoms with Crippen LogP contribution in [0.15, 0.2) is 0 Å². The van der Waals surface area contributed by atoms with Crippen molar-refractivity contribution in [1.82, 2.24) is 5.32 Å². The van der Waals surface area contributed by atoms with Gasteiger partial charge in [-0.1, -0.05) is 84.5 Å². The van der Waals surface area contributed by atoms with E-state index in [2.05, 4.69) is 19.2 Å². The molecule has 0 aromatic heterocycles. The molecular weight excluding hydrogens is 364 g/mol. The van der Waals surface area contributed by atoms with Gasteiger partial charge in [0.2, 0.25) is 5.91 Å². The fourth-order valence-electron chi connectivity index (χ4n) is 3.41. The Morgan fingerprint density at radius 2 is 1.31 bits per heavy atom. The van der Waals surface area contributed by atoms with E-state index < -0.39 is 6.04 Å². The van der Waals surface area contributed by atoms with Crippen LogP contribution >= 0.6 is 0 Å². The molecule has 3 N–H and O–H groups in total. The van der Waals surface area contributed by atoms with Crippen LogP contribution in [0, 0.1) is 0 Å². The number of unbranched alkanes of at least 4 members (excludes halogenated alkanes) is 12. The number of rotatable bonds is 21. The molecule has 29 heavy (non-hydrogen) atoms. The molecule has 0 radical (unpaired) electrons. The van der Waals surface area contributed by atoms with Crippen LogP contribution in [0.1, 0.15) is 123 Å². The minimum absolute atomic E-state index is 0.0490. The van der Waals surface area contributed by atoms with E-state index in [1.165, 1.54) is 51.4 Å². The molecule has 0 aromatic carbocycles. The molecule has 0 aromatic rings. The first-order valence-electron chi connectivity index (χ1n) is 12.3. The molecule has 0 unspecified atom stereocenters. The van der Waals surface area contributed by atoms with E-state index in [1.807, 2.05) is 0 Å². The third-order valence-corrected chi connectivity index (χ3v) is 5.32. The lowest BCUT2D eigenvalue weighted by Crippen LogP contribution is -2.42. The van der Waals surface area contributed by atoms with Crippen LogP contribution in [-0.4, -0.2) is 31.1 Å². The molecule has 5 heteroatoms. The summed E-state index contributed by atoms with van der Waals surface area (Å²) in [6, 6.07) is -0.529. The second-order valence-corrected chi connectivity index (χ2v) is 8.21. The Labute approximate surface area is 179 Å². The summed E-state index contributed by atoms with van der Waals surface area (Å²) in [6.07, 6.45) is 18.3. The molecule has 0 bridgehead atoms. The normalized spacial score (nSPS) is 12.0. The molecule has 0 fully saturated rings. The van der Waals surface area contributed by atoms with E-state index >= 15 is 0 Å². The Hall–Kier alpha value is -1.10. The van der Waals surface area contributed by atoms with E-state index in [0.717, 1.165) is 44.9 Å². The van der Waals surface area contributed by atoms with Crippen molar-refractivity contribution in [2.75, 3.05) is 13.2 Å². The van der Waals surface area contributed by atoms with Gasteiger partial charge in [0.05, 0.1) is 6.61 Å². The van der Waals surface area contributed by atoms with E-state index in [4.69, 9.17) is 10.5 Å². The smallest absolute Gasteiger partial charge is 0.328 e. The largest absolute Gasteiger partial charge is 0.464 e. The fourth-order valence-corrected chi connectivity index (χ4v) is 3.41. The van der Waals surface area contributed by atoms with Crippen molar-refractivity contribution in [3.8, 4) is 0 Å². The molecule has 1 amide bonds. The summed E-state index contributed by atoms with van der Waals surface area (Å²) in [6.45, 7) is 5.41. The van der Waals surface area contributed by atoms with Crippen molar-refractivity contribution >= 4 is 11.9 Å². The van der Waals surface area contributed by atoms with E-state index in [-0.39, 0.29) is 11.9 Å². The number of amides is 1. The van der Waals surface area contributed by atoms with Crippen LogP contribution in [0.3, 0.4) is 0 Å². The van der Waals surface area contributed by atoms with Crippen molar-refractivity contribution in [2.45, 2.75) is 129 Å². The Morgan fingerprint density at radius 1 is 0.759 bits per heavy atom. The van der Waals surface area contributed by atoms with Crippen LogP contribution in [0.4, 0.5) is 0 Å². The van der Waals surface area contributed by atoms with E-state index in [1.54, 1.807) is 0 Å². The van der Waals surface area contributed by atoms with Gasteiger partial charge in [-0.3, -0.25) is 4.79 Å². The van der Waals surface area contributed by atoms with Gasteiger partial charge < -0.3 is 15.8 Å². The summed E-state index contributed by atoms with van der Waals surface area (Å²) in [5.74, 6) is -0.339. The molecule has 0 saturated carbocycles. The molecule has 0 aliphatic carbocycles. The Bertz CT molecular complexity index is 388. The fraction of sp³-hybridized carbons (Fsp3) is 0.917. The highest BCUT2D eigenvalue weighted by Crippen LogP contribution is 2.11. The van der Waals surface area contributed by atoms with Crippen LogP contribution in [0.2, 0.25) is 0 Å². The van der Waals surface area contributed by atoms with Gasteiger partial charge in [0, 0.05) is 6.42 Å². The van der Waals surface area contributed by atoms with Crippen molar-refractivity contribution in [3.63, 3.8) is 0 Å². The van der Waals surface area contributed by atoms with Gasteiger partial charge in [0.1, 0.15) is 6.04 Å². The highest BCUT2D eigenvalue weighted by molar-refractivity contribution is 5.84. The van der Waals surface area contributed by atoms with Crippen molar-refractivity contribution in [3.05, 3.63) is 0 Å². The molecule has 0 heterocycles. The summed E-state index contributed by atoms with van der Waals surface area (Å²) in [4.78, 5) is 24.5. The van der Waals surface area contributed by atoms with Gasteiger partial charge in [-0.15, -0.1) is 0 Å². The number of esters is 1. The first-order valence-corrected chi connectivity index (χ1v) is 12.3. The average Bonchev–Trinajstić information content (AvgIpc) is 2.71. The van der Waals surface area contributed by atoms with E-state index in [9.17, 15) is 9.59 Å². The molecule has 0 rings (SSSR count). The lowest BCUT2D eigenvalue weighted by molar-refractivity contribution is -0.148. The number of nitrogens with two attached hydrogens (primary N) is 1. The van der Waals surface area contributed by atoms with Crippen LogP contribution < -0.4 is 11.1 Å². The lowest BCUT2D eigenvalue weighted by atomic mass is 10.1. The SMILES string of the molecule is CCCCCCCCCCCCOC(=O)[C@H](CCCCN)NC(=O)CCCCC. The Morgan fingerprint density at radius 3 is 1.90 bits per heavy atom. The molecule has 5 nitrogen and oxygen atoms in total. The summed E-state index contributed by atoms with van der Waals surface area (Å²) >= 11 is 0. The highest BCUT2D eigenvalue weighted by atomic mass is 16.5. The first kappa shape index (κ1) is 27.9. The molecule has 0 spiro atoms. The average molecular weight is 413 g/mol. The van der Waals surface area contributed by atoms with Crippen LogP contribution in [-0.2, 0) is 14.3 Å². The van der Waals surface area contributed by atoms with Gasteiger partial charge in [0.15, 0.2) is 0 Å². The number of hydrogen-bond acceptors (Lipinski definition) is 4. The summed E-state index contributed by atoms with van der Waals surface area (Å²) in [5.41, 5.74) is 5.55. The van der Waals surface area contributed by atoms with Gasteiger partial charge in [-0.25, -0.2) is 4.79 Å². The molecule has 1 atom stereocenters. The number of carbonyl (C=O) groups excluding carboxylic acids is 2. The number of nitrogens with one attached hydrogen (secondary N) is 1. The van der Waals surface area contributed by atoms with Gasteiger partial charge in [-0.05, 0) is 38.6 Å². The molecular formula is C24H48N2O3. The maximum Gasteiger partial charge on any atom is 0.328 e. The zero-order valence-electron chi connectivity index (χ0n) is 19.3. The second-order valence-electron chi connectivity index (χ2n) is 8.21. The van der Waals surface area contributed by atoms with Gasteiger partial charge >= 0.3 is 5.97 Å². The molecule has 0 saturated heterocycles. The van der Waals surface area contributed by atoms with Gasteiger partial charge in [0.25, 0.3) is 0 Å². The molecule has 0 aliphatic heterocycles. The third kappa shape index (κ3) is 18.7. The standard InChI is InChI=1S/C24H48N2O3/c1-3-5-7-8-9-10-11-12-13-17-21-29-24(28)22(18-15-16-20-25)26-23(27)19-14-6-4-2/h22H,3-21,25H2,1-2H3,(H,26,27)/t22-/m0/s1. The minimum atomic E-state index is -0.529. The third-order valence-electron chi connectivity index (χ3n) is 5.32.